The van der Waals surface area contributed by atoms with Crippen molar-refractivity contribution in [3.63, 3.8) is 0 Å². The number of hydrogen-bond donors (Lipinski definition) is 0. The van der Waals surface area contributed by atoms with E-state index in [0.29, 0.717) is 0 Å². The molecular formula is C84H60N2. The van der Waals surface area contributed by atoms with Gasteiger partial charge >= 0.3 is 0 Å². The van der Waals surface area contributed by atoms with E-state index < -0.39 is 0 Å². The molecule has 15 aromatic carbocycles. The molecular weight excluding hydrogens is 1040 g/mol. The Bertz CT molecular complexity index is 4660. The highest BCUT2D eigenvalue weighted by molar-refractivity contribution is 6.25. The maximum atomic E-state index is 2.48. The van der Waals surface area contributed by atoms with Crippen LogP contribution in [0.5, 0.6) is 0 Å². The summed E-state index contributed by atoms with van der Waals surface area (Å²) < 4.78 is 0. The molecule has 0 aliphatic carbocycles. The Morgan fingerprint density at radius 3 is 0.826 bits per heavy atom. The third kappa shape index (κ3) is 9.73. The zero-order valence-corrected chi connectivity index (χ0v) is 48.1. The fourth-order valence-electron chi connectivity index (χ4n) is 13.0. The van der Waals surface area contributed by atoms with E-state index in [0.717, 1.165) is 66.8 Å². The van der Waals surface area contributed by atoms with Gasteiger partial charge in [0.25, 0.3) is 0 Å². The van der Waals surface area contributed by atoms with E-state index in [9.17, 15) is 0 Å². The summed E-state index contributed by atoms with van der Waals surface area (Å²) in [7, 11) is 0. The lowest BCUT2D eigenvalue weighted by Gasteiger charge is -2.29. The summed E-state index contributed by atoms with van der Waals surface area (Å²) in [5, 5.41) is 9.39. The van der Waals surface area contributed by atoms with Gasteiger partial charge in [-0.2, -0.15) is 0 Å². The van der Waals surface area contributed by atoms with E-state index in [1.54, 1.807) is 0 Å². The van der Waals surface area contributed by atoms with Gasteiger partial charge in [-0.1, -0.05) is 231 Å². The predicted molar refractivity (Wildman–Crippen MR) is 368 cm³/mol. The molecule has 0 heterocycles. The van der Waals surface area contributed by atoms with Gasteiger partial charge in [0.2, 0.25) is 0 Å². The van der Waals surface area contributed by atoms with Crippen molar-refractivity contribution < 1.29 is 0 Å². The minimum absolute atomic E-state index is 1.06. The molecule has 0 unspecified atom stereocenters. The third-order valence-corrected chi connectivity index (χ3v) is 17.1. The lowest BCUT2D eigenvalue weighted by molar-refractivity contribution is 1.27. The maximum Gasteiger partial charge on any atom is 0.0468 e. The first-order chi connectivity index (χ1) is 42.5. The summed E-state index contributed by atoms with van der Waals surface area (Å²) in [5.41, 5.74) is 23.0. The van der Waals surface area contributed by atoms with E-state index in [2.05, 4.69) is 351 Å². The SMILES string of the molecule is Cc1cccc(N(c2ccc(-c3ccccc3)cc2)c2ccc3c(-c4cc5ccccc5cc4-c4ccccc4)c4cc(N(c5ccc(-c6ccccc6)cc5)c5cccc(C)c5)ccc4c(-c4cc5ccccc5cc4-c4ccccc4)c3c2)c1. The Morgan fingerprint density at radius 1 is 0.186 bits per heavy atom. The zero-order valence-electron chi connectivity index (χ0n) is 48.1. The topological polar surface area (TPSA) is 6.48 Å². The summed E-state index contributed by atoms with van der Waals surface area (Å²) in [4.78, 5) is 4.87. The molecule has 0 aliphatic heterocycles. The molecule has 0 fully saturated rings. The molecule has 0 bridgehead atoms. The number of anilines is 6. The van der Waals surface area contributed by atoms with Crippen LogP contribution in [0, 0.1) is 13.8 Å². The van der Waals surface area contributed by atoms with Crippen molar-refractivity contribution >= 4 is 77.2 Å². The molecule has 2 nitrogen and oxygen atoms in total. The Hall–Kier alpha value is -11.1. The van der Waals surface area contributed by atoms with Crippen LogP contribution in [0.2, 0.25) is 0 Å². The van der Waals surface area contributed by atoms with Gasteiger partial charge in [0.05, 0.1) is 0 Å². The number of benzene rings is 15. The highest BCUT2D eigenvalue weighted by Crippen LogP contribution is 2.52. The van der Waals surface area contributed by atoms with Crippen molar-refractivity contribution in [1.82, 2.24) is 0 Å². The first-order valence-corrected chi connectivity index (χ1v) is 29.7. The molecule has 15 aromatic rings. The predicted octanol–water partition coefficient (Wildman–Crippen LogP) is 23.9. The summed E-state index contributed by atoms with van der Waals surface area (Å²) in [5.74, 6) is 0. The van der Waals surface area contributed by atoms with Crippen LogP contribution in [-0.4, -0.2) is 0 Å². The second-order valence-electron chi connectivity index (χ2n) is 22.6. The van der Waals surface area contributed by atoms with Crippen LogP contribution in [0.3, 0.4) is 0 Å². The molecule has 0 aliphatic rings. The number of hydrogen-bond acceptors (Lipinski definition) is 2. The van der Waals surface area contributed by atoms with Gasteiger partial charge in [-0.3, -0.25) is 0 Å². The Labute approximate surface area is 503 Å². The average Bonchev–Trinajstić information content (AvgIpc) is 0.929. The van der Waals surface area contributed by atoms with Crippen molar-refractivity contribution in [2.45, 2.75) is 13.8 Å². The summed E-state index contributed by atoms with van der Waals surface area (Å²) in [6.45, 7) is 4.37. The van der Waals surface area contributed by atoms with Gasteiger partial charge in [-0.15, -0.1) is 0 Å². The molecule has 0 atom stereocenters. The van der Waals surface area contributed by atoms with Gasteiger partial charge in [-0.25, -0.2) is 0 Å². The number of rotatable bonds is 12. The molecule has 0 aromatic heterocycles. The van der Waals surface area contributed by atoms with Crippen molar-refractivity contribution in [1.29, 1.82) is 0 Å². The second-order valence-corrected chi connectivity index (χ2v) is 22.6. The fraction of sp³-hybridized carbons (Fsp3) is 0.0238. The first-order valence-electron chi connectivity index (χ1n) is 29.7. The van der Waals surface area contributed by atoms with Crippen molar-refractivity contribution in [3.8, 4) is 66.8 Å². The van der Waals surface area contributed by atoms with Crippen LogP contribution in [0.25, 0.3) is 110 Å². The minimum Gasteiger partial charge on any atom is -0.310 e. The second kappa shape index (κ2) is 22.3. The van der Waals surface area contributed by atoms with Gasteiger partial charge < -0.3 is 9.80 Å². The molecule has 2 heteroatoms. The Kier molecular flexibility index (Phi) is 13.4. The Balaban J connectivity index is 1.08. The molecule has 86 heavy (non-hydrogen) atoms. The lowest BCUT2D eigenvalue weighted by Crippen LogP contribution is -2.11. The summed E-state index contributed by atoms with van der Waals surface area (Å²) in [6, 6.07) is 121. The first kappa shape index (κ1) is 51.8. The van der Waals surface area contributed by atoms with E-state index in [-0.39, 0.29) is 0 Å². The molecule has 0 N–H and O–H groups in total. The molecule has 0 saturated heterocycles. The Morgan fingerprint density at radius 2 is 0.477 bits per heavy atom. The maximum absolute atomic E-state index is 2.48. The van der Waals surface area contributed by atoms with Crippen molar-refractivity contribution in [3.05, 3.63) is 339 Å². The van der Waals surface area contributed by atoms with E-state index in [1.165, 1.54) is 88.3 Å². The lowest BCUT2D eigenvalue weighted by atomic mass is 9.81. The van der Waals surface area contributed by atoms with Crippen LogP contribution >= 0.6 is 0 Å². The van der Waals surface area contributed by atoms with Crippen molar-refractivity contribution in [2.24, 2.45) is 0 Å². The molecule has 15 rings (SSSR count). The van der Waals surface area contributed by atoms with Crippen LogP contribution in [0.1, 0.15) is 11.1 Å². The molecule has 0 radical (unpaired) electrons. The largest absolute Gasteiger partial charge is 0.310 e. The van der Waals surface area contributed by atoms with Crippen LogP contribution in [-0.2, 0) is 0 Å². The molecule has 406 valence electrons. The molecule has 0 amide bonds. The average molecular weight is 1100 g/mol. The van der Waals surface area contributed by atoms with Gasteiger partial charge in [0.15, 0.2) is 0 Å². The van der Waals surface area contributed by atoms with Gasteiger partial charge in [-0.05, 0) is 232 Å². The zero-order chi connectivity index (χ0) is 57.5. The van der Waals surface area contributed by atoms with Gasteiger partial charge in [0, 0.05) is 34.1 Å². The number of aryl methyl sites for hydroxylation is 2. The number of fused-ring (bicyclic) bond motifs is 4. The van der Waals surface area contributed by atoms with E-state index in [1.807, 2.05) is 0 Å². The fourth-order valence-corrected chi connectivity index (χ4v) is 13.0. The summed E-state index contributed by atoms with van der Waals surface area (Å²) in [6.07, 6.45) is 0. The quantitative estimate of drug-likeness (QED) is 0.113. The molecule has 0 saturated carbocycles. The van der Waals surface area contributed by atoms with Crippen molar-refractivity contribution in [2.75, 3.05) is 9.80 Å². The normalized spacial score (nSPS) is 11.4. The highest BCUT2D eigenvalue weighted by Gasteiger charge is 2.26. The van der Waals surface area contributed by atoms with Crippen LogP contribution < -0.4 is 9.80 Å². The number of nitrogens with zero attached hydrogens (tertiary/aromatic N) is 2. The van der Waals surface area contributed by atoms with Crippen LogP contribution in [0.4, 0.5) is 34.1 Å². The standard InChI is InChI=1S/C84H60N2/c1-57-21-19-35-71(49-57)85(69-41-37-61(38-42-69)59-23-7-3-8-24-59)73-45-47-75-81(55-73)83(79-53-67-33-17-15-31-65(67)51-77(79)63-27-11-5-12-28-63)76-48-46-74(86(72-36-20-22-58(2)50-72)70-43-39-62(40-44-70)60-25-9-4-10-26-60)56-82(76)84(75)80-54-68-34-18-16-32-66(68)52-78(80)64-29-13-6-14-30-64/h3-56H,1-2H3. The smallest absolute Gasteiger partial charge is 0.0468 e. The summed E-state index contributed by atoms with van der Waals surface area (Å²) >= 11 is 0. The molecule has 0 spiro atoms. The van der Waals surface area contributed by atoms with E-state index >= 15 is 0 Å². The van der Waals surface area contributed by atoms with E-state index in [4.69, 9.17) is 0 Å². The monoisotopic (exact) mass is 1100 g/mol. The minimum atomic E-state index is 1.06. The highest BCUT2D eigenvalue weighted by atomic mass is 15.1. The van der Waals surface area contributed by atoms with Gasteiger partial charge in [0.1, 0.15) is 0 Å². The van der Waals surface area contributed by atoms with Crippen LogP contribution in [0.15, 0.2) is 328 Å². The third-order valence-electron chi connectivity index (χ3n) is 17.1.